The first-order chi connectivity index (χ1) is 11.3. The lowest BCUT2D eigenvalue weighted by atomic mass is 10.1. The Morgan fingerprint density at radius 1 is 1.09 bits per heavy atom. The van der Waals surface area contributed by atoms with Crippen molar-refractivity contribution in [3.8, 4) is 5.75 Å². The Hall–Kier alpha value is -1.81. The third kappa shape index (κ3) is 3.58. The van der Waals surface area contributed by atoms with E-state index in [9.17, 15) is 4.79 Å². The minimum atomic E-state index is -0.0447. The number of ether oxygens (including phenoxy) is 1. The van der Waals surface area contributed by atoms with Crippen molar-refractivity contribution in [2.75, 3.05) is 13.1 Å². The zero-order valence-electron chi connectivity index (χ0n) is 13.4. The average Bonchev–Trinajstić information content (AvgIpc) is 3.27. The molecule has 0 radical (unpaired) electrons. The number of aromatic amines is 1. The summed E-state index contributed by atoms with van der Waals surface area (Å²) in [6.45, 7) is 2.32. The fourth-order valence-corrected chi connectivity index (χ4v) is 3.57. The lowest BCUT2D eigenvalue weighted by molar-refractivity contribution is 0.204. The molecule has 23 heavy (non-hydrogen) atoms. The van der Waals surface area contributed by atoms with Crippen molar-refractivity contribution in [2.45, 2.75) is 38.2 Å². The Bertz CT molecular complexity index is 735. The number of nitrogens with one attached hydrogen (secondary N) is 2. The van der Waals surface area contributed by atoms with Crippen LogP contribution in [0.5, 0.6) is 5.75 Å². The fourth-order valence-electron chi connectivity index (χ4n) is 3.57. The highest BCUT2D eigenvalue weighted by Crippen LogP contribution is 2.31. The Labute approximate surface area is 136 Å². The number of pyridine rings is 1. The molecule has 0 aliphatic heterocycles. The minimum Gasteiger partial charge on any atom is -0.490 e. The summed E-state index contributed by atoms with van der Waals surface area (Å²) in [4.78, 5) is 14.4. The molecule has 4 nitrogen and oxygen atoms in total. The second kappa shape index (κ2) is 6.36. The lowest BCUT2D eigenvalue weighted by Crippen LogP contribution is -2.24. The summed E-state index contributed by atoms with van der Waals surface area (Å²) in [6.07, 6.45) is 8.32. The normalized spacial score (nSPS) is 24.2. The van der Waals surface area contributed by atoms with Crippen molar-refractivity contribution in [3.05, 3.63) is 40.8 Å². The number of fused-ring (bicyclic) bond motifs is 1. The predicted molar refractivity (Wildman–Crippen MR) is 91.9 cm³/mol. The first-order valence-corrected chi connectivity index (χ1v) is 8.77. The van der Waals surface area contributed by atoms with Gasteiger partial charge in [-0.15, -0.1) is 0 Å². The molecule has 2 fully saturated rings. The van der Waals surface area contributed by atoms with Gasteiger partial charge in [0.2, 0.25) is 0 Å². The number of aromatic nitrogens is 1. The number of benzene rings is 1. The van der Waals surface area contributed by atoms with E-state index in [-0.39, 0.29) is 5.56 Å². The van der Waals surface area contributed by atoms with E-state index in [0.29, 0.717) is 11.5 Å². The van der Waals surface area contributed by atoms with Crippen LogP contribution in [-0.4, -0.2) is 24.2 Å². The lowest BCUT2D eigenvalue weighted by Gasteiger charge is -2.15. The van der Waals surface area contributed by atoms with Crippen LogP contribution in [0.25, 0.3) is 10.8 Å². The van der Waals surface area contributed by atoms with Gasteiger partial charge in [0.15, 0.2) is 0 Å². The van der Waals surface area contributed by atoms with Crippen molar-refractivity contribution in [2.24, 2.45) is 11.8 Å². The standard InChI is InChI=1S/C19H24N2O2/c22-19-18-6-5-17(10-15(18)7-8-21-19)23-16-4-3-14(9-16)12-20-11-13-1-2-13/h5-8,10,13-14,16,20H,1-4,9,11-12H2,(H,21,22)/t14-,16+/m1/s1. The van der Waals surface area contributed by atoms with Gasteiger partial charge in [-0.3, -0.25) is 4.79 Å². The third-order valence-electron chi connectivity index (χ3n) is 5.10. The molecule has 122 valence electrons. The van der Waals surface area contributed by atoms with E-state index in [0.717, 1.165) is 42.4 Å². The van der Waals surface area contributed by atoms with Crippen molar-refractivity contribution >= 4 is 10.8 Å². The Morgan fingerprint density at radius 2 is 1.91 bits per heavy atom. The predicted octanol–water partition coefficient (Wildman–Crippen LogP) is 3.08. The maximum Gasteiger partial charge on any atom is 0.255 e. The quantitative estimate of drug-likeness (QED) is 0.862. The van der Waals surface area contributed by atoms with Gasteiger partial charge >= 0.3 is 0 Å². The highest BCUT2D eigenvalue weighted by atomic mass is 16.5. The summed E-state index contributed by atoms with van der Waals surface area (Å²) in [5.41, 5.74) is -0.0447. The maximum atomic E-state index is 11.7. The van der Waals surface area contributed by atoms with Gasteiger partial charge in [-0.1, -0.05) is 0 Å². The molecule has 4 heteroatoms. The number of hydrogen-bond donors (Lipinski definition) is 2. The zero-order chi connectivity index (χ0) is 15.6. The fraction of sp³-hybridized carbons (Fsp3) is 0.526. The summed E-state index contributed by atoms with van der Waals surface area (Å²) < 4.78 is 6.15. The summed E-state index contributed by atoms with van der Waals surface area (Å²) in [5, 5.41) is 5.26. The van der Waals surface area contributed by atoms with Crippen LogP contribution in [0.3, 0.4) is 0 Å². The molecule has 2 aromatic rings. The van der Waals surface area contributed by atoms with Crippen LogP contribution < -0.4 is 15.6 Å². The number of rotatable bonds is 6. The Morgan fingerprint density at radius 3 is 2.78 bits per heavy atom. The van der Waals surface area contributed by atoms with Gasteiger partial charge in [0, 0.05) is 11.6 Å². The largest absolute Gasteiger partial charge is 0.490 e. The van der Waals surface area contributed by atoms with E-state index < -0.39 is 0 Å². The second-order valence-corrected chi connectivity index (χ2v) is 7.08. The van der Waals surface area contributed by atoms with Gasteiger partial charge in [0.05, 0.1) is 6.10 Å². The summed E-state index contributed by atoms with van der Waals surface area (Å²) >= 11 is 0. The van der Waals surface area contributed by atoms with Crippen LogP contribution in [0.2, 0.25) is 0 Å². The van der Waals surface area contributed by atoms with Gasteiger partial charge in [-0.2, -0.15) is 0 Å². The highest BCUT2D eigenvalue weighted by molar-refractivity contribution is 5.82. The summed E-state index contributed by atoms with van der Waals surface area (Å²) in [7, 11) is 0. The van der Waals surface area contributed by atoms with Crippen LogP contribution in [0, 0.1) is 11.8 Å². The SMILES string of the molecule is O=c1[nH]ccc2cc(O[C@H]3CC[C@@H](CNCC4CC4)C3)ccc12. The van der Waals surface area contributed by atoms with Gasteiger partial charge in [-0.05, 0) is 86.7 Å². The monoisotopic (exact) mass is 312 g/mol. The molecule has 2 aliphatic rings. The van der Waals surface area contributed by atoms with E-state index in [1.54, 1.807) is 6.20 Å². The van der Waals surface area contributed by atoms with Crippen molar-refractivity contribution < 1.29 is 4.74 Å². The molecule has 0 saturated heterocycles. The van der Waals surface area contributed by atoms with Crippen molar-refractivity contribution in [1.29, 1.82) is 0 Å². The third-order valence-corrected chi connectivity index (χ3v) is 5.10. The molecular formula is C19H24N2O2. The minimum absolute atomic E-state index is 0.0447. The summed E-state index contributed by atoms with van der Waals surface area (Å²) in [5.74, 6) is 2.56. The van der Waals surface area contributed by atoms with E-state index in [4.69, 9.17) is 4.74 Å². The molecule has 2 atom stereocenters. The summed E-state index contributed by atoms with van der Waals surface area (Å²) in [6, 6.07) is 7.66. The molecule has 2 saturated carbocycles. The Kier molecular flexibility index (Phi) is 4.08. The van der Waals surface area contributed by atoms with Crippen LogP contribution in [0.15, 0.2) is 35.3 Å². The van der Waals surface area contributed by atoms with Crippen molar-refractivity contribution in [1.82, 2.24) is 10.3 Å². The maximum absolute atomic E-state index is 11.7. The molecule has 0 spiro atoms. The van der Waals surface area contributed by atoms with Crippen molar-refractivity contribution in [3.63, 3.8) is 0 Å². The molecule has 0 unspecified atom stereocenters. The van der Waals surface area contributed by atoms with Crippen LogP contribution in [0.4, 0.5) is 0 Å². The van der Waals surface area contributed by atoms with Gasteiger partial charge in [0.1, 0.15) is 5.75 Å². The van der Waals surface area contributed by atoms with E-state index in [2.05, 4.69) is 10.3 Å². The molecule has 2 N–H and O–H groups in total. The molecule has 2 aliphatic carbocycles. The van der Waals surface area contributed by atoms with Gasteiger partial charge in [0.25, 0.3) is 5.56 Å². The molecule has 0 amide bonds. The molecule has 0 bridgehead atoms. The van der Waals surface area contributed by atoms with Crippen LogP contribution >= 0.6 is 0 Å². The first-order valence-electron chi connectivity index (χ1n) is 8.77. The van der Waals surface area contributed by atoms with Gasteiger partial charge < -0.3 is 15.0 Å². The smallest absolute Gasteiger partial charge is 0.255 e. The first kappa shape index (κ1) is 14.8. The Balaban J connectivity index is 1.34. The zero-order valence-corrected chi connectivity index (χ0v) is 13.4. The topological polar surface area (TPSA) is 54.1 Å². The number of hydrogen-bond acceptors (Lipinski definition) is 3. The highest BCUT2D eigenvalue weighted by Gasteiger charge is 2.27. The van der Waals surface area contributed by atoms with Crippen LogP contribution in [-0.2, 0) is 0 Å². The van der Waals surface area contributed by atoms with Gasteiger partial charge in [-0.25, -0.2) is 0 Å². The molecule has 1 heterocycles. The second-order valence-electron chi connectivity index (χ2n) is 7.08. The number of H-pyrrole nitrogens is 1. The molecule has 1 aromatic carbocycles. The molecular weight excluding hydrogens is 288 g/mol. The van der Waals surface area contributed by atoms with E-state index in [1.165, 1.54) is 25.8 Å². The molecule has 1 aromatic heterocycles. The van der Waals surface area contributed by atoms with E-state index in [1.807, 2.05) is 24.3 Å². The molecule has 4 rings (SSSR count). The average molecular weight is 312 g/mol. The van der Waals surface area contributed by atoms with Crippen LogP contribution in [0.1, 0.15) is 32.1 Å². The van der Waals surface area contributed by atoms with E-state index >= 15 is 0 Å².